The molecule has 17 heavy (non-hydrogen) atoms. The number of hydrogen-bond acceptors (Lipinski definition) is 4. The van der Waals surface area contributed by atoms with Crippen LogP contribution in [0.3, 0.4) is 0 Å². The zero-order valence-electron chi connectivity index (χ0n) is 12.0. The molecule has 0 aromatic rings. The highest BCUT2D eigenvalue weighted by atomic mass is 16.4. The van der Waals surface area contributed by atoms with Crippen molar-refractivity contribution in [3.63, 3.8) is 0 Å². The molecule has 0 aromatic carbocycles. The lowest BCUT2D eigenvalue weighted by Crippen LogP contribution is -2.44. The van der Waals surface area contributed by atoms with E-state index in [9.17, 15) is 0 Å². The van der Waals surface area contributed by atoms with Crippen LogP contribution in [-0.4, -0.2) is 38.6 Å². The topological polar surface area (TPSA) is 80.9 Å². The number of hydrogen-bond donors (Lipinski definition) is 4. The van der Waals surface area contributed by atoms with Crippen molar-refractivity contribution in [1.29, 1.82) is 0 Å². The Balaban J connectivity index is 0. The molecule has 0 aromatic heterocycles. The van der Waals surface area contributed by atoms with Crippen LogP contribution >= 0.6 is 0 Å². The van der Waals surface area contributed by atoms with Crippen molar-refractivity contribution < 1.29 is 20.3 Å². The molecule has 0 unspecified atom stereocenters. The van der Waals surface area contributed by atoms with Gasteiger partial charge < -0.3 is 20.3 Å². The van der Waals surface area contributed by atoms with Crippen LogP contribution in [0.25, 0.3) is 0 Å². The van der Waals surface area contributed by atoms with Gasteiger partial charge in [-0.25, -0.2) is 0 Å². The zero-order valence-corrected chi connectivity index (χ0v) is 12.0. The summed E-state index contributed by atoms with van der Waals surface area (Å²) in [4.78, 5) is 0. The van der Waals surface area contributed by atoms with Crippen molar-refractivity contribution in [2.45, 2.75) is 59.7 Å². The Kier molecular flexibility index (Phi) is 7.31. The van der Waals surface area contributed by atoms with Crippen LogP contribution in [-0.2, 0) is 0 Å². The summed E-state index contributed by atoms with van der Waals surface area (Å²) in [5, 5.41) is 35.0. The van der Waals surface area contributed by atoms with E-state index in [1.807, 2.05) is 20.8 Å². The van der Waals surface area contributed by atoms with Crippen LogP contribution in [0, 0.1) is 5.41 Å². The molecule has 0 saturated heterocycles. The normalized spacial score (nSPS) is 13.4. The molecule has 0 saturated carbocycles. The van der Waals surface area contributed by atoms with Gasteiger partial charge in [-0.05, 0) is 33.1 Å². The quantitative estimate of drug-likeness (QED) is 0.550. The van der Waals surface area contributed by atoms with Crippen molar-refractivity contribution >= 4 is 7.12 Å². The average Bonchev–Trinajstić information content (AvgIpc) is 1.96. The highest BCUT2D eigenvalue weighted by Crippen LogP contribution is 2.19. The van der Waals surface area contributed by atoms with Crippen LogP contribution < -0.4 is 0 Å². The minimum atomic E-state index is -1.32. The third kappa shape index (κ3) is 13.6. The smallest absolute Gasteiger partial charge is 0.424 e. The molecule has 102 valence electrons. The van der Waals surface area contributed by atoms with E-state index in [4.69, 9.17) is 20.3 Å². The second-order valence-corrected chi connectivity index (χ2v) is 6.26. The summed E-state index contributed by atoms with van der Waals surface area (Å²) in [5.74, 6) is 1.36. The monoisotopic (exact) mass is 246 g/mol. The summed E-state index contributed by atoms with van der Waals surface area (Å²) >= 11 is 0. The molecule has 0 amide bonds. The van der Waals surface area contributed by atoms with Gasteiger partial charge in [-0.3, -0.25) is 0 Å². The molecule has 0 spiro atoms. The first-order valence-corrected chi connectivity index (χ1v) is 5.67. The summed E-state index contributed by atoms with van der Waals surface area (Å²) in [6.45, 7) is 12.3. The summed E-state index contributed by atoms with van der Waals surface area (Å²) in [6, 6.07) is 0. The Hall–Kier alpha value is -0.355. The fraction of sp³-hybridized carbons (Fsp3) is 0.833. The van der Waals surface area contributed by atoms with Crippen molar-refractivity contribution in [3.8, 4) is 0 Å². The molecule has 0 aliphatic rings. The van der Waals surface area contributed by atoms with Gasteiger partial charge in [-0.15, -0.1) is 0 Å². The molecule has 0 aliphatic heterocycles. The Morgan fingerprint density at radius 3 is 1.12 bits per heavy atom. The van der Waals surface area contributed by atoms with Crippen LogP contribution in [0.15, 0.2) is 12.1 Å². The van der Waals surface area contributed by atoms with Crippen LogP contribution in [0.5, 0.6) is 0 Å². The molecular formula is C12H27BO4. The van der Waals surface area contributed by atoms with Gasteiger partial charge in [-0.1, -0.05) is 32.8 Å². The summed E-state index contributed by atoms with van der Waals surface area (Å²) in [5.41, 5.74) is -1.98. The molecule has 4 N–H and O–H groups in total. The first kappa shape index (κ1) is 19.0. The predicted octanol–water partition coefficient (Wildman–Crippen LogP) is 1.13. The van der Waals surface area contributed by atoms with Crippen molar-refractivity contribution in [3.05, 3.63) is 12.1 Å². The minimum absolute atomic E-state index is 0.0315. The third-order valence-corrected chi connectivity index (χ3v) is 2.27. The lowest BCUT2D eigenvalue weighted by Gasteiger charge is -2.31. The summed E-state index contributed by atoms with van der Waals surface area (Å²) < 4.78 is 0. The van der Waals surface area contributed by atoms with Crippen molar-refractivity contribution in [2.24, 2.45) is 5.41 Å². The van der Waals surface area contributed by atoms with Gasteiger partial charge in [0.15, 0.2) is 0 Å². The maximum absolute atomic E-state index is 9.10. The molecule has 0 heterocycles. The van der Waals surface area contributed by atoms with Gasteiger partial charge in [0, 0.05) is 0 Å². The maximum atomic E-state index is 9.10. The van der Waals surface area contributed by atoms with Crippen molar-refractivity contribution in [2.75, 3.05) is 0 Å². The molecule has 0 radical (unpaired) electrons. The van der Waals surface area contributed by atoms with Gasteiger partial charge in [0.25, 0.3) is 0 Å². The second-order valence-electron chi connectivity index (χ2n) is 6.26. The fourth-order valence-electron chi connectivity index (χ4n) is 0.375. The highest BCUT2D eigenvalue weighted by Gasteiger charge is 2.31. The third-order valence-electron chi connectivity index (χ3n) is 2.27. The van der Waals surface area contributed by atoms with Crippen LogP contribution in [0.4, 0.5) is 0 Å². The van der Waals surface area contributed by atoms with E-state index < -0.39 is 18.3 Å². The molecule has 4 nitrogen and oxygen atoms in total. The van der Waals surface area contributed by atoms with Gasteiger partial charge in [0.1, 0.15) is 0 Å². The molecule has 0 bridgehead atoms. The number of rotatable bonds is 2. The minimum Gasteiger partial charge on any atom is -0.424 e. The molecule has 0 fully saturated rings. The lowest BCUT2D eigenvalue weighted by atomic mass is 9.85. The average molecular weight is 246 g/mol. The van der Waals surface area contributed by atoms with Gasteiger partial charge in [0.2, 0.25) is 0 Å². The van der Waals surface area contributed by atoms with E-state index in [1.165, 1.54) is 5.98 Å². The Morgan fingerprint density at radius 2 is 1.06 bits per heavy atom. The molecule has 0 aliphatic carbocycles. The van der Waals surface area contributed by atoms with E-state index in [0.717, 1.165) is 0 Å². The van der Waals surface area contributed by atoms with E-state index in [0.29, 0.717) is 0 Å². The van der Waals surface area contributed by atoms with E-state index in [-0.39, 0.29) is 5.41 Å². The van der Waals surface area contributed by atoms with Crippen LogP contribution in [0.2, 0.25) is 0 Å². The maximum Gasteiger partial charge on any atom is 0.480 e. The molecule has 0 atom stereocenters. The Morgan fingerprint density at radius 1 is 0.765 bits per heavy atom. The lowest BCUT2D eigenvalue weighted by molar-refractivity contribution is -0.107. The van der Waals surface area contributed by atoms with Crippen molar-refractivity contribution in [1.82, 2.24) is 0 Å². The first-order valence-electron chi connectivity index (χ1n) is 5.67. The molecule has 0 rings (SSSR count). The van der Waals surface area contributed by atoms with E-state index >= 15 is 0 Å². The van der Waals surface area contributed by atoms with Gasteiger partial charge >= 0.3 is 7.12 Å². The zero-order chi connectivity index (χ0) is 14.5. The SMILES string of the molecule is CC(C)(C)/C=C/B(O)O.CC(C)(O)C(C)(C)O. The standard InChI is InChI=1S/C6H13BO2.C6H14O2/c1-6(2,3)4-5-7(8)9;1-5(2,7)6(3,4)8/h4-5,8-9H,1-3H3;7-8H,1-4H3/b5-4+;. The first-order chi connectivity index (χ1) is 7.17. The Labute approximate surface area is 105 Å². The summed E-state index contributed by atoms with van der Waals surface area (Å²) in [7, 11) is -1.32. The highest BCUT2D eigenvalue weighted by molar-refractivity contribution is 6.47. The predicted molar refractivity (Wildman–Crippen MR) is 71.4 cm³/mol. The number of allylic oxidation sites excluding steroid dienone is 1. The van der Waals surface area contributed by atoms with E-state index in [2.05, 4.69) is 0 Å². The van der Waals surface area contributed by atoms with Gasteiger partial charge in [0.05, 0.1) is 11.2 Å². The van der Waals surface area contributed by atoms with E-state index in [1.54, 1.807) is 33.8 Å². The summed E-state index contributed by atoms with van der Waals surface area (Å²) in [6.07, 6.45) is 1.76. The number of aliphatic hydroxyl groups is 2. The van der Waals surface area contributed by atoms with Gasteiger partial charge in [-0.2, -0.15) is 0 Å². The fourth-order valence-corrected chi connectivity index (χ4v) is 0.375. The Bertz CT molecular complexity index is 216. The molecule has 5 heteroatoms. The van der Waals surface area contributed by atoms with Crippen LogP contribution in [0.1, 0.15) is 48.5 Å². The largest absolute Gasteiger partial charge is 0.480 e. The second kappa shape index (κ2) is 6.54. The molecular weight excluding hydrogens is 219 g/mol.